The molecule has 1 heterocycles. The Balaban J connectivity index is 1.58. The lowest BCUT2D eigenvalue weighted by Gasteiger charge is -2.45. The van der Waals surface area contributed by atoms with Gasteiger partial charge in [-0.25, -0.2) is 4.99 Å². The van der Waals surface area contributed by atoms with Gasteiger partial charge in [-0.3, -0.25) is 9.69 Å². The van der Waals surface area contributed by atoms with Crippen molar-refractivity contribution in [3.05, 3.63) is 29.3 Å². The molecule has 0 aromatic heterocycles. The van der Waals surface area contributed by atoms with Gasteiger partial charge in [-0.05, 0) is 80.4 Å². The predicted octanol–water partition coefficient (Wildman–Crippen LogP) is 3.99. The molecular weight excluding hydrogens is 384 g/mol. The van der Waals surface area contributed by atoms with Crippen LogP contribution in [0, 0.1) is 11.3 Å². The Hall–Kier alpha value is -1.53. The maximum absolute atomic E-state index is 13.8. The van der Waals surface area contributed by atoms with Gasteiger partial charge in [0.05, 0.1) is 12.7 Å². The molecule has 2 fully saturated rings. The Bertz CT molecular complexity index is 858. The number of thioether (sulfide) groups is 1. The number of amides is 1. The Labute approximate surface area is 177 Å². The molecule has 2 saturated carbocycles. The smallest absolute Gasteiger partial charge is 0.261 e. The van der Waals surface area contributed by atoms with E-state index < -0.39 is 5.54 Å². The summed E-state index contributed by atoms with van der Waals surface area (Å²) in [5.74, 6) is 1.70. The third kappa shape index (κ3) is 2.86. The molecule has 1 aromatic rings. The SMILES string of the molecule is COC1CCC2(CC1)Cc1ccc(OCC3CC3)cc1C21N=C(SC)N(C)C1=O. The van der Waals surface area contributed by atoms with E-state index in [4.69, 9.17) is 14.5 Å². The minimum atomic E-state index is -0.812. The molecule has 1 amide bonds. The fourth-order valence-corrected chi connectivity index (χ4v) is 6.22. The van der Waals surface area contributed by atoms with Crippen LogP contribution in [-0.4, -0.2) is 49.1 Å². The highest BCUT2D eigenvalue weighted by Gasteiger charge is 2.66. The van der Waals surface area contributed by atoms with Crippen molar-refractivity contribution in [1.29, 1.82) is 0 Å². The van der Waals surface area contributed by atoms with Gasteiger partial charge in [-0.2, -0.15) is 0 Å². The summed E-state index contributed by atoms with van der Waals surface area (Å²) in [6.45, 7) is 0.777. The third-order valence-electron chi connectivity index (χ3n) is 7.52. The van der Waals surface area contributed by atoms with Crippen LogP contribution in [0.2, 0.25) is 0 Å². The highest BCUT2D eigenvalue weighted by atomic mass is 32.2. The summed E-state index contributed by atoms with van der Waals surface area (Å²) in [6, 6.07) is 6.38. The van der Waals surface area contributed by atoms with Crippen molar-refractivity contribution in [1.82, 2.24) is 4.90 Å². The molecule has 3 aliphatic carbocycles. The average molecular weight is 415 g/mol. The molecule has 0 saturated heterocycles. The van der Waals surface area contributed by atoms with Gasteiger partial charge in [-0.15, -0.1) is 0 Å². The second-order valence-corrected chi connectivity index (χ2v) is 9.91. The van der Waals surface area contributed by atoms with Gasteiger partial charge in [0.15, 0.2) is 10.7 Å². The molecule has 4 aliphatic rings. The molecule has 0 N–H and O–H groups in total. The van der Waals surface area contributed by atoms with Gasteiger partial charge in [0.1, 0.15) is 5.75 Å². The zero-order chi connectivity index (χ0) is 20.2. The summed E-state index contributed by atoms with van der Waals surface area (Å²) in [6.07, 6.45) is 9.63. The molecule has 156 valence electrons. The quantitative estimate of drug-likeness (QED) is 0.747. The highest BCUT2D eigenvalue weighted by molar-refractivity contribution is 8.13. The number of nitrogens with zero attached hydrogens (tertiary/aromatic N) is 2. The van der Waals surface area contributed by atoms with Gasteiger partial charge in [0.2, 0.25) is 0 Å². The Morgan fingerprint density at radius 2 is 2.00 bits per heavy atom. The minimum Gasteiger partial charge on any atom is -0.493 e. The summed E-state index contributed by atoms with van der Waals surface area (Å²) in [4.78, 5) is 20.7. The monoisotopic (exact) mass is 414 g/mol. The number of amidine groups is 1. The maximum atomic E-state index is 13.8. The molecular formula is C23H30N2O3S. The largest absolute Gasteiger partial charge is 0.493 e. The van der Waals surface area contributed by atoms with Crippen molar-refractivity contribution in [2.24, 2.45) is 16.3 Å². The second kappa shape index (κ2) is 7.02. The number of likely N-dealkylation sites (N-methyl/N-ethyl adjacent to an activating group) is 1. The van der Waals surface area contributed by atoms with Gasteiger partial charge >= 0.3 is 0 Å². The molecule has 0 radical (unpaired) electrons. The molecule has 1 aromatic carbocycles. The number of rotatable bonds is 4. The van der Waals surface area contributed by atoms with Crippen LogP contribution in [-0.2, 0) is 21.5 Å². The van der Waals surface area contributed by atoms with Crippen LogP contribution in [0.3, 0.4) is 0 Å². The fourth-order valence-electron chi connectivity index (χ4n) is 5.63. The molecule has 2 spiro atoms. The highest BCUT2D eigenvalue weighted by Crippen LogP contribution is 2.62. The lowest BCUT2D eigenvalue weighted by molar-refractivity contribution is -0.137. The van der Waals surface area contributed by atoms with Gasteiger partial charge in [0, 0.05) is 19.6 Å². The molecule has 5 rings (SSSR count). The summed E-state index contributed by atoms with van der Waals surface area (Å²) in [7, 11) is 3.66. The van der Waals surface area contributed by atoms with Crippen LogP contribution in [0.15, 0.2) is 23.2 Å². The number of carbonyl (C=O) groups is 1. The van der Waals surface area contributed by atoms with Crippen LogP contribution in [0.5, 0.6) is 5.75 Å². The maximum Gasteiger partial charge on any atom is 0.261 e. The van der Waals surface area contributed by atoms with Crippen molar-refractivity contribution in [2.45, 2.75) is 56.6 Å². The summed E-state index contributed by atoms with van der Waals surface area (Å²) < 4.78 is 11.7. The average Bonchev–Trinajstić information content (AvgIpc) is 3.49. The zero-order valence-corrected chi connectivity index (χ0v) is 18.4. The molecule has 1 atom stereocenters. The van der Waals surface area contributed by atoms with E-state index in [9.17, 15) is 4.79 Å². The van der Waals surface area contributed by atoms with Gasteiger partial charge < -0.3 is 9.47 Å². The number of hydrogen-bond acceptors (Lipinski definition) is 5. The van der Waals surface area contributed by atoms with E-state index in [-0.39, 0.29) is 17.4 Å². The molecule has 6 heteroatoms. The van der Waals surface area contributed by atoms with Crippen LogP contribution in [0.4, 0.5) is 0 Å². The minimum absolute atomic E-state index is 0.121. The first-order valence-electron chi connectivity index (χ1n) is 10.7. The molecule has 1 aliphatic heterocycles. The lowest BCUT2D eigenvalue weighted by Crippen LogP contribution is -2.51. The summed E-state index contributed by atoms with van der Waals surface area (Å²) >= 11 is 1.56. The van der Waals surface area contributed by atoms with Crippen molar-refractivity contribution in [3.8, 4) is 5.75 Å². The molecule has 0 bridgehead atoms. The first kappa shape index (κ1) is 19.4. The predicted molar refractivity (Wildman–Crippen MR) is 115 cm³/mol. The lowest BCUT2D eigenvalue weighted by atomic mass is 9.61. The standard InChI is InChI=1S/C23H30N2O3S/c1-25-20(26)23(24-21(25)29-3)19-12-18(28-14-15-4-5-15)7-6-16(19)13-22(23)10-8-17(27-2)9-11-22/h6-7,12,15,17H,4-5,8-11,13-14H2,1-3H3. The van der Waals surface area contributed by atoms with E-state index in [1.54, 1.807) is 23.8 Å². The van der Waals surface area contributed by atoms with Crippen LogP contribution in [0.25, 0.3) is 0 Å². The first-order chi connectivity index (χ1) is 14.0. The number of hydrogen-bond donors (Lipinski definition) is 0. The Kier molecular flexibility index (Phi) is 4.70. The topological polar surface area (TPSA) is 51.1 Å². The van der Waals surface area contributed by atoms with E-state index in [0.29, 0.717) is 5.92 Å². The summed E-state index contributed by atoms with van der Waals surface area (Å²) in [5.41, 5.74) is 1.35. The fraction of sp³-hybridized carbons (Fsp3) is 0.652. The summed E-state index contributed by atoms with van der Waals surface area (Å²) in [5, 5.41) is 0.820. The number of methoxy groups -OCH3 is 1. The van der Waals surface area contributed by atoms with Crippen LogP contribution >= 0.6 is 11.8 Å². The van der Waals surface area contributed by atoms with Crippen molar-refractivity contribution < 1.29 is 14.3 Å². The Morgan fingerprint density at radius 1 is 1.24 bits per heavy atom. The molecule has 1 unspecified atom stereocenters. The van der Waals surface area contributed by atoms with E-state index in [0.717, 1.165) is 55.2 Å². The third-order valence-corrected chi connectivity index (χ3v) is 8.25. The normalized spacial score (nSPS) is 33.5. The van der Waals surface area contributed by atoms with Crippen LogP contribution in [0.1, 0.15) is 49.7 Å². The van der Waals surface area contributed by atoms with E-state index in [1.807, 2.05) is 13.3 Å². The number of benzene rings is 1. The van der Waals surface area contributed by atoms with E-state index in [2.05, 4.69) is 18.2 Å². The van der Waals surface area contributed by atoms with Gasteiger partial charge in [-0.1, -0.05) is 17.8 Å². The van der Waals surface area contributed by atoms with Crippen molar-refractivity contribution in [3.63, 3.8) is 0 Å². The van der Waals surface area contributed by atoms with Crippen molar-refractivity contribution in [2.75, 3.05) is 27.0 Å². The second-order valence-electron chi connectivity index (χ2n) is 9.14. The number of aliphatic imine (C=N–C) groups is 1. The number of carbonyl (C=O) groups excluding carboxylic acids is 1. The number of ether oxygens (including phenoxy) is 2. The molecule has 29 heavy (non-hydrogen) atoms. The zero-order valence-electron chi connectivity index (χ0n) is 17.6. The van der Waals surface area contributed by atoms with Gasteiger partial charge in [0.25, 0.3) is 5.91 Å². The van der Waals surface area contributed by atoms with E-state index >= 15 is 0 Å². The van der Waals surface area contributed by atoms with Crippen LogP contribution < -0.4 is 4.74 Å². The Morgan fingerprint density at radius 3 is 2.62 bits per heavy atom. The first-order valence-corrected chi connectivity index (χ1v) is 12.0. The van der Waals surface area contributed by atoms with Crippen molar-refractivity contribution >= 4 is 22.8 Å². The molecule has 5 nitrogen and oxygen atoms in total. The van der Waals surface area contributed by atoms with E-state index in [1.165, 1.54) is 18.4 Å². The number of fused-ring (bicyclic) bond motifs is 3.